The van der Waals surface area contributed by atoms with Crippen molar-refractivity contribution in [3.8, 4) is 0 Å². The number of imide groups is 1. The van der Waals surface area contributed by atoms with Crippen LogP contribution in [0.3, 0.4) is 0 Å². The molecule has 0 aliphatic carbocycles. The van der Waals surface area contributed by atoms with Crippen molar-refractivity contribution in [1.29, 1.82) is 0 Å². The number of fused-ring (bicyclic) bond motifs is 1. The van der Waals surface area contributed by atoms with Gasteiger partial charge >= 0.3 is 11.9 Å². The number of carbonyl (C=O) groups excluding carboxylic acids is 4. The fourth-order valence-electron chi connectivity index (χ4n) is 2.56. The molecule has 3 rings (SSSR count). The van der Waals surface area contributed by atoms with E-state index in [1.54, 1.807) is 0 Å². The highest BCUT2D eigenvalue weighted by molar-refractivity contribution is 6.21. The smallest absolute Gasteiger partial charge is 0.326 e. The lowest BCUT2D eigenvalue weighted by Gasteiger charge is -2.20. The van der Waals surface area contributed by atoms with Gasteiger partial charge in [-0.3, -0.25) is 14.4 Å². The van der Waals surface area contributed by atoms with Crippen LogP contribution in [0, 0.1) is 0 Å². The van der Waals surface area contributed by atoms with Gasteiger partial charge in [-0.05, 0) is 18.2 Å². The van der Waals surface area contributed by atoms with Crippen LogP contribution in [0.15, 0.2) is 48.5 Å². The molecule has 0 spiro atoms. The van der Waals surface area contributed by atoms with E-state index in [1.807, 2.05) is 0 Å². The maximum absolute atomic E-state index is 14.6. The summed E-state index contributed by atoms with van der Waals surface area (Å²) >= 11 is 0. The van der Waals surface area contributed by atoms with E-state index >= 15 is 0 Å². The first-order chi connectivity index (χ1) is 12.7. The first-order valence-corrected chi connectivity index (χ1v) is 7.68. The van der Waals surface area contributed by atoms with E-state index in [2.05, 4.69) is 10.2 Å². The van der Waals surface area contributed by atoms with Crippen molar-refractivity contribution >= 4 is 29.4 Å². The van der Waals surface area contributed by atoms with Gasteiger partial charge in [0.25, 0.3) is 11.8 Å². The Hall–Kier alpha value is -3.62. The number of nitrogens with zero attached hydrogens (tertiary/aromatic N) is 1. The normalized spacial score (nSPS) is 13.4. The second-order valence-corrected chi connectivity index (χ2v) is 5.63. The third kappa shape index (κ3) is 3.14. The molecule has 2 aromatic carbocycles. The summed E-state index contributed by atoms with van der Waals surface area (Å²) in [5.41, 5.74) is -1.24. The molecule has 0 saturated heterocycles. The van der Waals surface area contributed by atoms with Gasteiger partial charge in [0, 0.05) is 6.92 Å². The molecule has 27 heavy (non-hydrogen) atoms. The molecule has 0 fully saturated rings. The molecular formula is C18H12F2N2O5. The van der Waals surface area contributed by atoms with Crippen molar-refractivity contribution in [2.45, 2.75) is 12.8 Å². The Balaban J connectivity index is 1.88. The lowest BCUT2D eigenvalue weighted by atomic mass is 10.1. The van der Waals surface area contributed by atoms with E-state index < -0.39 is 35.2 Å². The monoisotopic (exact) mass is 374 g/mol. The third-order valence-corrected chi connectivity index (χ3v) is 3.76. The number of benzene rings is 2. The van der Waals surface area contributed by atoms with Gasteiger partial charge in [0.15, 0.2) is 0 Å². The topological polar surface area (TPSA) is 92.8 Å². The minimum atomic E-state index is -4.23. The molecule has 2 aromatic rings. The van der Waals surface area contributed by atoms with Crippen molar-refractivity contribution in [3.05, 3.63) is 65.2 Å². The summed E-state index contributed by atoms with van der Waals surface area (Å²) in [6.07, 6.45) is 0. The number of carbonyl (C=O) groups is 4. The van der Waals surface area contributed by atoms with Crippen molar-refractivity contribution in [2.75, 3.05) is 5.32 Å². The first-order valence-electron chi connectivity index (χ1n) is 7.68. The highest BCUT2D eigenvalue weighted by Gasteiger charge is 2.49. The molecule has 1 aliphatic heterocycles. The van der Waals surface area contributed by atoms with Gasteiger partial charge in [-0.1, -0.05) is 35.4 Å². The molecule has 1 N–H and O–H groups in total. The molecular weight excluding hydrogens is 362 g/mol. The maximum Gasteiger partial charge on any atom is 0.407 e. The number of anilines is 1. The largest absolute Gasteiger partial charge is 0.407 e. The van der Waals surface area contributed by atoms with E-state index in [1.165, 1.54) is 42.5 Å². The van der Waals surface area contributed by atoms with Crippen molar-refractivity contribution in [1.82, 2.24) is 5.06 Å². The van der Waals surface area contributed by atoms with E-state index in [0.29, 0.717) is 0 Å². The predicted molar refractivity (Wildman–Crippen MR) is 87.7 cm³/mol. The number of alkyl halides is 2. The second kappa shape index (κ2) is 6.60. The van der Waals surface area contributed by atoms with Crippen LogP contribution < -0.4 is 5.32 Å². The average molecular weight is 374 g/mol. The lowest BCUT2D eigenvalue weighted by molar-refractivity contribution is -0.198. The highest BCUT2D eigenvalue weighted by atomic mass is 19.3. The van der Waals surface area contributed by atoms with Crippen LogP contribution in [-0.2, 0) is 20.3 Å². The van der Waals surface area contributed by atoms with Gasteiger partial charge in [-0.25, -0.2) is 4.79 Å². The number of para-hydroxylation sites is 1. The van der Waals surface area contributed by atoms with Crippen LogP contribution in [-0.4, -0.2) is 28.8 Å². The Bertz CT molecular complexity index is 939. The van der Waals surface area contributed by atoms with Crippen molar-refractivity contribution in [2.24, 2.45) is 0 Å². The maximum atomic E-state index is 14.6. The van der Waals surface area contributed by atoms with Gasteiger partial charge < -0.3 is 10.2 Å². The van der Waals surface area contributed by atoms with Gasteiger partial charge in [0.1, 0.15) is 0 Å². The summed E-state index contributed by atoms with van der Waals surface area (Å²) in [7, 11) is 0. The molecule has 1 aliphatic rings. The zero-order valence-corrected chi connectivity index (χ0v) is 13.9. The van der Waals surface area contributed by atoms with Crippen LogP contribution >= 0.6 is 0 Å². The number of hydrogen-bond acceptors (Lipinski definition) is 5. The Morgan fingerprint density at radius 2 is 1.48 bits per heavy atom. The SMILES string of the molecule is CC(=O)Nc1ccccc1C(F)(F)C(=O)ON1C(=O)c2ccccc2C1=O. The molecule has 0 atom stereocenters. The predicted octanol–water partition coefficient (Wildman–Crippen LogP) is 2.49. The Labute approximate surface area is 151 Å². The number of hydroxylamine groups is 2. The number of amides is 3. The van der Waals surface area contributed by atoms with Gasteiger partial charge in [-0.2, -0.15) is 8.78 Å². The minimum Gasteiger partial charge on any atom is -0.326 e. The highest BCUT2D eigenvalue weighted by Crippen LogP contribution is 2.36. The molecule has 0 aromatic heterocycles. The molecule has 3 amide bonds. The summed E-state index contributed by atoms with van der Waals surface area (Å²) < 4.78 is 29.2. The minimum absolute atomic E-state index is 0.00191. The van der Waals surface area contributed by atoms with Gasteiger partial charge in [0.05, 0.1) is 22.4 Å². The zero-order valence-electron chi connectivity index (χ0n) is 13.9. The van der Waals surface area contributed by atoms with E-state index in [4.69, 9.17) is 0 Å². The summed E-state index contributed by atoms with van der Waals surface area (Å²) in [6.45, 7) is 1.12. The molecule has 0 saturated carbocycles. The Morgan fingerprint density at radius 3 is 2.04 bits per heavy atom. The van der Waals surface area contributed by atoms with E-state index in [0.717, 1.165) is 13.0 Å². The molecule has 7 nitrogen and oxygen atoms in total. The first kappa shape index (κ1) is 18.2. The van der Waals surface area contributed by atoms with Crippen molar-refractivity contribution < 1.29 is 32.8 Å². The Morgan fingerprint density at radius 1 is 0.963 bits per heavy atom. The molecule has 0 unspecified atom stereocenters. The molecule has 1 heterocycles. The molecule has 0 radical (unpaired) electrons. The standard InChI is InChI=1S/C18H12F2N2O5/c1-10(23)21-14-9-5-4-8-13(14)18(19,20)17(26)27-22-15(24)11-6-2-3-7-12(11)16(22)25/h2-9H,1H3,(H,21,23). The lowest BCUT2D eigenvalue weighted by Crippen LogP contribution is -2.39. The molecule has 138 valence electrons. The summed E-state index contributed by atoms with van der Waals surface area (Å²) in [4.78, 5) is 52.0. The second-order valence-electron chi connectivity index (χ2n) is 5.63. The summed E-state index contributed by atoms with van der Waals surface area (Å²) in [5, 5.41) is 2.19. The quantitative estimate of drug-likeness (QED) is 0.830. The summed E-state index contributed by atoms with van der Waals surface area (Å²) in [6, 6.07) is 10.3. The van der Waals surface area contributed by atoms with E-state index in [9.17, 15) is 28.0 Å². The van der Waals surface area contributed by atoms with Crippen LogP contribution in [0.4, 0.5) is 14.5 Å². The molecule has 9 heteroatoms. The number of hydrogen-bond donors (Lipinski definition) is 1. The van der Waals surface area contributed by atoms with Crippen LogP contribution in [0.5, 0.6) is 0 Å². The number of rotatable bonds is 4. The van der Waals surface area contributed by atoms with Crippen LogP contribution in [0.2, 0.25) is 0 Å². The van der Waals surface area contributed by atoms with Crippen LogP contribution in [0.1, 0.15) is 33.2 Å². The van der Waals surface area contributed by atoms with Gasteiger partial charge in [0.2, 0.25) is 5.91 Å². The number of nitrogens with one attached hydrogen (secondary N) is 1. The summed E-state index contributed by atoms with van der Waals surface area (Å²) in [5.74, 6) is -9.01. The van der Waals surface area contributed by atoms with Crippen LogP contribution in [0.25, 0.3) is 0 Å². The van der Waals surface area contributed by atoms with Gasteiger partial charge in [-0.15, -0.1) is 0 Å². The average Bonchev–Trinajstić information content (AvgIpc) is 2.87. The molecule has 0 bridgehead atoms. The third-order valence-electron chi connectivity index (χ3n) is 3.76. The number of halogens is 2. The fourth-order valence-corrected chi connectivity index (χ4v) is 2.56. The van der Waals surface area contributed by atoms with Crippen molar-refractivity contribution in [3.63, 3.8) is 0 Å². The fraction of sp³-hybridized carbons (Fsp3) is 0.111. The van der Waals surface area contributed by atoms with E-state index in [-0.39, 0.29) is 21.9 Å². The Kier molecular flexibility index (Phi) is 4.44. The zero-order chi connectivity index (χ0) is 19.8.